The third-order valence-electron chi connectivity index (χ3n) is 2.42. The average molecular weight is 204 g/mol. The van der Waals surface area contributed by atoms with E-state index in [1.54, 1.807) is 6.07 Å². The fourth-order valence-electron chi connectivity index (χ4n) is 1.62. The molecule has 2 heterocycles. The van der Waals surface area contributed by atoms with Gasteiger partial charge in [-0.15, -0.1) is 5.10 Å². The van der Waals surface area contributed by atoms with E-state index in [1.165, 1.54) is 0 Å². The number of hydrogen-bond acceptors (Lipinski definition) is 5. The predicted octanol–water partition coefficient (Wildman–Crippen LogP) is 0.493. The van der Waals surface area contributed by atoms with Gasteiger partial charge in [0.1, 0.15) is 6.07 Å². The van der Waals surface area contributed by atoms with Gasteiger partial charge >= 0.3 is 0 Å². The maximum Gasteiger partial charge on any atom is 0.165 e. The van der Waals surface area contributed by atoms with Crippen LogP contribution in [-0.2, 0) is 4.74 Å². The Hall–Kier alpha value is -1.67. The highest BCUT2D eigenvalue weighted by atomic mass is 16.5. The van der Waals surface area contributed by atoms with E-state index in [1.807, 2.05) is 13.0 Å². The third kappa shape index (κ3) is 2.05. The first-order valence-corrected chi connectivity index (χ1v) is 4.88. The zero-order chi connectivity index (χ0) is 10.7. The molecule has 1 saturated heterocycles. The number of morpholine rings is 1. The molecule has 0 atom stereocenters. The van der Waals surface area contributed by atoms with Gasteiger partial charge in [-0.2, -0.15) is 10.4 Å². The van der Waals surface area contributed by atoms with Gasteiger partial charge in [-0.25, -0.2) is 0 Å². The summed E-state index contributed by atoms with van der Waals surface area (Å²) in [6, 6.07) is 3.79. The zero-order valence-corrected chi connectivity index (χ0v) is 8.60. The first kappa shape index (κ1) is 9.87. The van der Waals surface area contributed by atoms with Crippen LogP contribution in [0.3, 0.4) is 0 Å². The van der Waals surface area contributed by atoms with Crippen molar-refractivity contribution < 1.29 is 4.74 Å². The lowest BCUT2D eigenvalue weighted by atomic mass is 10.2. The normalized spacial score (nSPS) is 16.1. The van der Waals surface area contributed by atoms with Gasteiger partial charge in [-0.05, 0) is 6.92 Å². The summed E-state index contributed by atoms with van der Waals surface area (Å²) in [4.78, 5) is 2.17. The van der Waals surface area contributed by atoms with E-state index in [-0.39, 0.29) is 0 Å². The molecule has 0 radical (unpaired) electrons. The molecule has 0 aliphatic carbocycles. The van der Waals surface area contributed by atoms with Crippen LogP contribution in [0.4, 0.5) is 5.69 Å². The minimum Gasteiger partial charge on any atom is -0.378 e. The molecule has 0 unspecified atom stereocenters. The Labute approximate surface area is 88.3 Å². The number of nitrogens with zero attached hydrogens (tertiary/aromatic N) is 4. The second-order valence-corrected chi connectivity index (χ2v) is 3.41. The van der Waals surface area contributed by atoms with Crippen molar-refractivity contribution in [3.05, 3.63) is 17.5 Å². The molecular formula is C10H12N4O. The molecule has 15 heavy (non-hydrogen) atoms. The lowest BCUT2D eigenvalue weighted by molar-refractivity contribution is 0.122. The van der Waals surface area contributed by atoms with Crippen LogP contribution in [0.1, 0.15) is 11.4 Å². The summed E-state index contributed by atoms with van der Waals surface area (Å²) in [5.74, 6) is 0. The number of hydrogen-bond donors (Lipinski definition) is 0. The fraction of sp³-hybridized carbons (Fsp3) is 0.500. The molecule has 1 fully saturated rings. The second-order valence-electron chi connectivity index (χ2n) is 3.41. The van der Waals surface area contributed by atoms with Crippen LogP contribution in [0.2, 0.25) is 0 Å². The van der Waals surface area contributed by atoms with Crippen molar-refractivity contribution in [3.8, 4) is 6.07 Å². The molecule has 5 nitrogen and oxygen atoms in total. The number of aromatic nitrogens is 2. The van der Waals surface area contributed by atoms with Crippen LogP contribution in [0, 0.1) is 18.3 Å². The quantitative estimate of drug-likeness (QED) is 0.666. The molecule has 1 aliphatic heterocycles. The van der Waals surface area contributed by atoms with E-state index in [0.29, 0.717) is 5.69 Å². The highest BCUT2D eigenvalue weighted by molar-refractivity contribution is 5.52. The Kier molecular flexibility index (Phi) is 2.79. The summed E-state index contributed by atoms with van der Waals surface area (Å²) in [5.41, 5.74) is 2.21. The number of aryl methyl sites for hydroxylation is 1. The van der Waals surface area contributed by atoms with Crippen molar-refractivity contribution in [1.82, 2.24) is 10.2 Å². The van der Waals surface area contributed by atoms with E-state index >= 15 is 0 Å². The molecule has 0 bridgehead atoms. The molecule has 78 valence electrons. The van der Waals surface area contributed by atoms with Crippen molar-refractivity contribution in [2.24, 2.45) is 0 Å². The van der Waals surface area contributed by atoms with Gasteiger partial charge in [0.2, 0.25) is 0 Å². The molecule has 1 aliphatic rings. The Bertz CT molecular complexity index is 393. The lowest BCUT2D eigenvalue weighted by Gasteiger charge is -2.29. The second kappa shape index (κ2) is 4.24. The first-order chi connectivity index (χ1) is 7.31. The lowest BCUT2D eigenvalue weighted by Crippen LogP contribution is -2.36. The summed E-state index contributed by atoms with van der Waals surface area (Å²) < 4.78 is 5.27. The smallest absolute Gasteiger partial charge is 0.165 e. The average Bonchev–Trinajstić information content (AvgIpc) is 2.31. The molecule has 1 aromatic heterocycles. The summed E-state index contributed by atoms with van der Waals surface area (Å²) in [5, 5.41) is 16.5. The van der Waals surface area contributed by atoms with Crippen molar-refractivity contribution in [3.63, 3.8) is 0 Å². The third-order valence-corrected chi connectivity index (χ3v) is 2.42. The highest BCUT2D eigenvalue weighted by Crippen LogP contribution is 2.19. The molecule has 5 heteroatoms. The molecule has 0 amide bonds. The SMILES string of the molecule is Cc1nnc(C#N)cc1N1CCOCC1. The number of anilines is 1. The number of nitriles is 1. The molecule has 0 saturated carbocycles. The van der Waals surface area contributed by atoms with Gasteiger partial charge in [-0.1, -0.05) is 0 Å². The van der Waals surface area contributed by atoms with E-state index in [9.17, 15) is 0 Å². The fourth-order valence-corrected chi connectivity index (χ4v) is 1.62. The molecular weight excluding hydrogens is 192 g/mol. The van der Waals surface area contributed by atoms with Gasteiger partial charge in [0, 0.05) is 19.2 Å². The number of rotatable bonds is 1. The van der Waals surface area contributed by atoms with E-state index in [2.05, 4.69) is 15.1 Å². The minimum atomic E-state index is 0.363. The molecule has 0 aromatic carbocycles. The highest BCUT2D eigenvalue weighted by Gasteiger charge is 2.14. The summed E-state index contributed by atoms with van der Waals surface area (Å²) in [6.45, 7) is 5.04. The van der Waals surface area contributed by atoms with Crippen LogP contribution >= 0.6 is 0 Å². The Morgan fingerprint density at radius 1 is 1.40 bits per heavy atom. The van der Waals surface area contributed by atoms with Crippen molar-refractivity contribution in [2.75, 3.05) is 31.2 Å². The molecule has 0 N–H and O–H groups in total. The topological polar surface area (TPSA) is 62.0 Å². The van der Waals surface area contributed by atoms with Crippen molar-refractivity contribution in [2.45, 2.75) is 6.92 Å². The summed E-state index contributed by atoms with van der Waals surface area (Å²) in [6.07, 6.45) is 0. The monoisotopic (exact) mass is 204 g/mol. The van der Waals surface area contributed by atoms with Crippen molar-refractivity contribution in [1.29, 1.82) is 5.26 Å². The Morgan fingerprint density at radius 3 is 2.80 bits per heavy atom. The minimum absolute atomic E-state index is 0.363. The van der Waals surface area contributed by atoms with Gasteiger partial charge < -0.3 is 9.64 Å². The van der Waals surface area contributed by atoms with Gasteiger partial charge in [-0.3, -0.25) is 0 Å². The Balaban J connectivity index is 2.29. The predicted molar refractivity (Wildman–Crippen MR) is 54.5 cm³/mol. The molecule has 2 rings (SSSR count). The van der Waals surface area contributed by atoms with Crippen LogP contribution < -0.4 is 4.90 Å². The molecule has 1 aromatic rings. The zero-order valence-electron chi connectivity index (χ0n) is 8.60. The molecule has 0 spiro atoms. The van der Waals surface area contributed by atoms with Crippen LogP contribution in [-0.4, -0.2) is 36.5 Å². The summed E-state index contributed by atoms with van der Waals surface area (Å²) in [7, 11) is 0. The van der Waals surface area contributed by atoms with E-state index in [4.69, 9.17) is 10.00 Å². The van der Waals surface area contributed by atoms with Gasteiger partial charge in [0.15, 0.2) is 5.69 Å². The summed E-state index contributed by atoms with van der Waals surface area (Å²) >= 11 is 0. The van der Waals surface area contributed by atoms with Crippen LogP contribution in [0.25, 0.3) is 0 Å². The first-order valence-electron chi connectivity index (χ1n) is 4.88. The maximum absolute atomic E-state index is 8.76. The van der Waals surface area contributed by atoms with Crippen LogP contribution in [0.5, 0.6) is 0 Å². The Morgan fingerprint density at radius 2 is 2.13 bits per heavy atom. The van der Waals surface area contributed by atoms with E-state index < -0.39 is 0 Å². The number of ether oxygens (including phenoxy) is 1. The van der Waals surface area contributed by atoms with Gasteiger partial charge in [0.25, 0.3) is 0 Å². The van der Waals surface area contributed by atoms with Crippen molar-refractivity contribution >= 4 is 5.69 Å². The van der Waals surface area contributed by atoms with Gasteiger partial charge in [0.05, 0.1) is 24.6 Å². The van der Waals surface area contributed by atoms with E-state index in [0.717, 1.165) is 37.7 Å². The van der Waals surface area contributed by atoms with Crippen LogP contribution in [0.15, 0.2) is 6.07 Å². The standard InChI is InChI=1S/C10H12N4O/c1-8-10(6-9(7-11)13-12-8)14-2-4-15-5-3-14/h6H,2-5H2,1H3. The largest absolute Gasteiger partial charge is 0.378 e. The maximum atomic E-state index is 8.76.